The fourth-order valence-corrected chi connectivity index (χ4v) is 5.85. The lowest BCUT2D eigenvalue weighted by molar-refractivity contribution is -0.111. The Morgan fingerprint density at radius 3 is 2.52 bits per heavy atom. The largest absolute Gasteiger partial charge is 0.369 e. The van der Waals surface area contributed by atoms with Crippen molar-refractivity contribution in [3.05, 3.63) is 84.7 Å². The minimum Gasteiger partial charge on any atom is -0.369 e. The van der Waals surface area contributed by atoms with Gasteiger partial charge < -0.3 is 20.1 Å². The number of aryl methyl sites for hydroxylation is 3. The van der Waals surface area contributed by atoms with Gasteiger partial charge in [-0.3, -0.25) is 9.48 Å². The van der Waals surface area contributed by atoms with Crippen molar-refractivity contribution in [2.75, 3.05) is 36.9 Å². The van der Waals surface area contributed by atoms with Gasteiger partial charge in [0.05, 0.1) is 11.4 Å². The zero-order valence-corrected chi connectivity index (χ0v) is 24.9. The number of likely N-dealkylation sites (N-methyl/N-ethyl adjacent to an activating group) is 1. The molecule has 1 amide bonds. The predicted molar refractivity (Wildman–Crippen MR) is 172 cm³/mol. The Bertz CT molecular complexity index is 1800. The summed E-state index contributed by atoms with van der Waals surface area (Å²) in [6.07, 6.45) is 5.13. The molecule has 1 aliphatic rings. The number of fused-ring (bicyclic) bond motifs is 1. The van der Waals surface area contributed by atoms with E-state index in [1.54, 1.807) is 4.68 Å². The number of hydrogen-bond donors (Lipinski definition) is 2. The van der Waals surface area contributed by atoms with Crippen LogP contribution < -0.4 is 10.2 Å². The van der Waals surface area contributed by atoms with Gasteiger partial charge in [-0.15, -0.1) is 0 Å². The lowest BCUT2D eigenvalue weighted by atomic mass is 9.94. The molecule has 0 radical (unpaired) electrons. The van der Waals surface area contributed by atoms with Gasteiger partial charge in [0, 0.05) is 73.0 Å². The van der Waals surface area contributed by atoms with Crippen molar-refractivity contribution in [3.63, 3.8) is 0 Å². The van der Waals surface area contributed by atoms with Gasteiger partial charge in [0.1, 0.15) is 5.65 Å². The summed E-state index contributed by atoms with van der Waals surface area (Å²) in [6, 6.07) is 17.5. The van der Waals surface area contributed by atoms with Gasteiger partial charge in [-0.1, -0.05) is 30.8 Å². The number of carbonyl (C=O) groups is 1. The van der Waals surface area contributed by atoms with Crippen molar-refractivity contribution in [1.82, 2.24) is 24.6 Å². The van der Waals surface area contributed by atoms with Crippen molar-refractivity contribution < 1.29 is 4.79 Å². The molecule has 1 atom stereocenters. The number of nitrogens with one attached hydrogen (secondary N) is 2. The average Bonchev–Trinajstić information content (AvgIpc) is 3.60. The standard InChI is InChI=1S/C34H37N7O/c1-7-30(42)36-29-18-25(9-8-21(29)2)32-31-23(4)27(28-14-15-40(6)38-28)19-35-34(31)37-33(32)24-10-12-26(13-11-24)41-17-16-39(5)22(3)20-41/h7-15,18-19,22H,1,16-17,20H2,2-6H3,(H,35,37)(H,36,42)/t22-/m1/s1. The third-order valence-electron chi connectivity index (χ3n) is 8.52. The first-order chi connectivity index (χ1) is 20.2. The molecule has 214 valence electrons. The zero-order chi connectivity index (χ0) is 29.5. The summed E-state index contributed by atoms with van der Waals surface area (Å²) in [4.78, 5) is 25.6. The summed E-state index contributed by atoms with van der Waals surface area (Å²) in [5, 5.41) is 8.66. The second kappa shape index (κ2) is 10.9. The molecule has 3 aromatic heterocycles. The number of aromatic nitrogens is 4. The number of piperazine rings is 1. The number of H-pyrrole nitrogens is 1. The van der Waals surface area contributed by atoms with Crippen LogP contribution in [0.25, 0.3) is 44.7 Å². The monoisotopic (exact) mass is 559 g/mol. The number of pyridine rings is 1. The third-order valence-corrected chi connectivity index (χ3v) is 8.52. The highest BCUT2D eigenvalue weighted by atomic mass is 16.1. The highest BCUT2D eigenvalue weighted by Gasteiger charge is 2.23. The molecule has 5 aromatic rings. The van der Waals surface area contributed by atoms with E-state index in [2.05, 4.69) is 83.0 Å². The number of rotatable bonds is 6. The first kappa shape index (κ1) is 27.5. The Morgan fingerprint density at radius 2 is 1.83 bits per heavy atom. The molecule has 8 nitrogen and oxygen atoms in total. The third kappa shape index (κ3) is 4.99. The first-order valence-electron chi connectivity index (χ1n) is 14.3. The Labute approximate surface area is 246 Å². The Kier molecular flexibility index (Phi) is 7.16. The van der Waals surface area contributed by atoms with Crippen LogP contribution in [0.15, 0.2) is 73.6 Å². The van der Waals surface area contributed by atoms with Gasteiger partial charge in [-0.2, -0.15) is 5.10 Å². The number of nitrogens with zero attached hydrogens (tertiary/aromatic N) is 5. The molecule has 0 spiro atoms. The molecule has 1 saturated heterocycles. The molecule has 0 bridgehead atoms. The molecule has 0 unspecified atom stereocenters. The summed E-state index contributed by atoms with van der Waals surface area (Å²) in [5.41, 5.74) is 10.8. The maximum atomic E-state index is 12.2. The highest BCUT2D eigenvalue weighted by molar-refractivity contribution is 6.07. The molecule has 2 N–H and O–H groups in total. The number of amides is 1. The van der Waals surface area contributed by atoms with E-state index in [0.29, 0.717) is 6.04 Å². The molecule has 1 aliphatic heterocycles. The molecule has 1 fully saturated rings. The van der Waals surface area contributed by atoms with Crippen LogP contribution in [-0.2, 0) is 11.8 Å². The molecule has 0 aliphatic carbocycles. The van der Waals surface area contributed by atoms with Gasteiger partial charge >= 0.3 is 0 Å². The van der Waals surface area contributed by atoms with Crippen molar-refractivity contribution in [2.45, 2.75) is 26.8 Å². The number of benzene rings is 2. The van der Waals surface area contributed by atoms with Gasteiger partial charge in [-0.25, -0.2) is 4.98 Å². The van der Waals surface area contributed by atoms with Crippen LogP contribution in [-0.4, -0.2) is 63.3 Å². The second-order valence-electron chi connectivity index (χ2n) is 11.3. The number of anilines is 2. The van der Waals surface area contributed by atoms with Gasteiger partial charge in [0.25, 0.3) is 0 Å². The van der Waals surface area contributed by atoms with Crippen LogP contribution in [0.3, 0.4) is 0 Å². The average molecular weight is 560 g/mol. The number of aromatic amines is 1. The number of hydrogen-bond acceptors (Lipinski definition) is 5. The van der Waals surface area contributed by atoms with E-state index < -0.39 is 0 Å². The van der Waals surface area contributed by atoms with Gasteiger partial charge in [-0.05, 0) is 80.4 Å². The normalized spacial score (nSPS) is 15.7. The lowest BCUT2D eigenvalue weighted by Crippen LogP contribution is -2.50. The first-order valence-corrected chi connectivity index (χ1v) is 14.3. The quantitative estimate of drug-likeness (QED) is 0.243. The van der Waals surface area contributed by atoms with E-state index >= 15 is 0 Å². The highest BCUT2D eigenvalue weighted by Crippen LogP contribution is 2.42. The van der Waals surface area contributed by atoms with Gasteiger partial charge in [0.15, 0.2) is 0 Å². The number of carbonyl (C=O) groups excluding carboxylic acids is 1. The van der Waals surface area contributed by atoms with Gasteiger partial charge in [0.2, 0.25) is 5.91 Å². The van der Waals surface area contributed by atoms with E-state index in [-0.39, 0.29) is 5.91 Å². The van der Waals surface area contributed by atoms with Crippen LogP contribution in [0.1, 0.15) is 18.1 Å². The molecule has 8 heteroatoms. The molecular weight excluding hydrogens is 522 g/mol. The van der Waals surface area contributed by atoms with Crippen molar-refractivity contribution >= 4 is 28.3 Å². The summed E-state index contributed by atoms with van der Waals surface area (Å²) >= 11 is 0. The predicted octanol–water partition coefficient (Wildman–Crippen LogP) is 6.18. The van der Waals surface area contributed by atoms with E-state index in [4.69, 9.17) is 4.98 Å². The summed E-state index contributed by atoms with van der Waals surface area (Å²) < 4.78 is 1.81. The fourth-order valence-electron chi connectivity index (χ4n) is 5.85. The smallest absolute Gasteiger partial charge is 0.247 e. The topological polar surface area (TPSA) is 82.1 Å². The minimum absolute atomic E-state index is 0.238. The SMILES string of the molecule is C=CC(=O)Nc1cc(-c2c(-c3ccc(N4CCN(C)[C@H](C)C4)cc3)[nH]c3ncc(-c4ccn(C)n4)c(C)c23)ccc1C. The summed E-state index contributed by atoms with van der Waals surface area (Å²) in [7, 11) is 4.11. The maximum Gasteiger partial charge on any atom is 0.247 e. The van der Waals surface area contributed by atoms with E-state index in [9.17, 15) is 4.79 Å². The Hall–Kier alpha value is -4.69. The van der Waals surface area contributed by atoms with E-state index in [1.807, 2.05) is 44.6 Å². The Balaban J connectivity index is 1.51. The van der Waals surface area contributed by atoms with Crippen LogP contribution in [0.5, 0.6) is 0 Å². The van der Waals surface area contributed by atoms with E-state index in [0.717, 1.165) is 81.1 Å². The second-order valence-corrected chi connectivity index (χ2v) is 11.3. The molecule has 0 saturated carbocycles. The molecule has 6 rings (SSSR count). The van der Waals surface area contributed by atoms with Crippen LogP contribution in [0.2, 0.25) is 0 Å². The van der Waals surface area contributed by atoms with Crippen molar-refractivity contribution in [1.29, 1.82) is 0 Å². The van der Waals surface area contributed by atoms with Crippen LogP contribution >= 0.6 is 0 Å². The molecule has 42 heavy (non-hydrogen) atoms. The van der Waals surface area contributed by atoms with Crippen LogP contribution in [0, 0.1) is 13.8 Å². The lowest BCUT2D eigenvalue weighted by Gasteiger charge is -2.39. The molecule has 4 heterocycles. The fraction of sp³-hybridized carbons (Fsp3) is 0.265. The molecule has 2 aromatic carbocycles. The summed E-state index contributed by atoms with van der Waals surface area (Å²) in [6.45, 7) is 13.1. The van der Waals surface area contributed by atoms with Crippen molar-refractivity contribution in [3.8, 4) is 33.6 Å². The Morgan fingerprint density at radius 1 is 1.07 bits per heavy atom. The summed E-state index contributed by atoms with van der Waals surface area (Å²) in [5.74, 6) is -0.238. The maximum absolute atomic E-state index is 12.2. The minimum atomic E-state index is -0.238. The van der Waals surface area contributed by atoms with Crippen molar-refractivity contribution in [2.24, 2.45) is 7.05 Å². The zero-order valence-electron chi connectivity index (χ0n) is 24.9. The van der Waals surface area contributed by atoms with E-state index in [1.165, 1.54) is 11.8 Å². The molecular formula is C34H37N7O. The van der Waals surface area contributed by atoms with Crippen LogP contribution in [0.4, 0.5) is 11.4 Å².